The number of methoxy groups -OCH3 is 1. The minimum Gasteiger partial charge on any atom is -0.508 e. The summed E-state index contributed by atoms with van der Waals surface area (Å²) in [6.45, 7) is 0. The molecule has 0 aliphatic rings. The molecule has 0 aliphatic heterocycles. The Balaban J connectivity index is 2.15. The largest absolute Gasteiger partial charge is 0.508 e. The van der Waals surface area contributed by atoms with Gasteiger partial charge in [0, 0.05) is 12.0 Å². The average molecular weight is 367 g/mol. The Morgan fingerprint density at radius 1 is 1.15 bits per heavy atom. The summed E-state index contributed by atoms with van der Waals surface area (Å²) < 4.78 is 42.5. The van der Waals surface area contributed by atoms with Crippen LogP contribution in [-0.2, 0) is 22.1 Å². The van der Waals surface area contributed by atoms with E-state index in [1.54, 1.807) is 0 Å². The SMILES string of the molecule is COC(=O)[C@@H](Cc1ccc(C(F)(F)F)cc1)NC(=O)c1cccc(O)c1. The molecule has 0 aliphatic carbocycles. The number of carbonyl (C=O) groups is 2. The van der Waals surface area contributed by atoms with Crippen molar-refractivity contribution in [1.82, 2.24) is 5.32 Å². The average Bonchev–Trinajstić information content (AvgIpc) is 2.60. The minimum absolute atomic E-state index is 0.0463. The second-order valence-electron chi connectivity index (χ2n) is 5.50. The van der Waals surface area contributed by atoms with Crippen LogP contribution in [0.1, 0.15) is 21.5 Å². The lowest BCUT2D eigenvalue weighted by Gasteiger charge is -2.17. The van der Waals surface area contributed by atoms with E-state index in [0.29, 0.717) is 5.56 Å². The Hall–Kier alpha value is -3.03. The fraction of sp³-hybridized carbons (Fsp3) is 0.222. The van der Waals surface area contributed by atoms with E-state index in [1.807, 2.05) is 0 Å². The predicted octanol–water partition coefficient (Wildman–Crippen LogP) is 2.93. The van der Waals surface area contributed by atoms with Gasteiger partial charge in [0.15, 0.2) is 0 Å². The van der Waals surface area contributed by atoms with Gasteiger partial charge in [-0.2, -0.15) is 13.2 Å². The zero-order chi connectivity index (χ0) is 19.3. The second kappa shape index (κ2) is 7.90. The third-order valence-corrected chi connectivity index (χ3v) is 3.62. The van der Waals surface area contributed by atoms with Gasteiger partial charge in [0.25, 0.3) is 5.91 Å². The Kier molecular flexibility index (Phi) is 5.86. The highest BCUT2D eigenvalue weighted by molar-refractivity contribution is 5.97. The van der Waals surface area contributed by atoms with Crippen molar-refractivity contribution in [3.05, 3.63) is 65.2 Å². The van der Waals surface area contributed by atoms with Crippen molar-refractivity contribution in [2.24, 2.45) is 0 Å². The van der Waals surface area contributed by atoms with Crippen LogP contribution in [0, 0.1) is 0 Å². The topological polar surface area (TPSA) is 75.6 Å². The number of phenols is 1. The van der Waals surface area contributed by atoms with Crippen molar-refractivity contribution < 1.29 is 32.6 Å². The van der Waals surface area contributed by atoms with Crippen LogP contribution < -0.4 is 5.32 Å². The molecule has 0 unspecified atom stereocenters. The maximum atomic E-state index is 12.6. The highest BCUT2D eigenvalue weighted by atomic mass is 19.4. The molecule has 0 spiro atoms. The number of aromatic hydroxyl groups is 1. The highest BCUT2D eigenvalue weighted by Crippen LogP contribution is 2.29. The maximum absolute atomic E-state index is 12.6. The molecular weight excluding hydrogens is 351 g/mol. The molecule has 0 aromatic heterocycles. The number of amides is 1. The zero-order valence-corrected chi connectivity index (χ0v) is 13.7. The number of nitrogens with one attached hydrogen (secondary N) is 1. The predicted molar refractivity (Wildman–Crippen MR) is 86.5 cm³/mol. The molecule has 5 nitrogen and oxygen atoms in total. The first kappa shape index (κ1) is 19.3. The molecule has 8 heteroatoms. The zero-order valence-electron chi connectivity index (χ0n) is 13.7. The second-order valence-corrected chi connectivity index (χ2v) is 5.50. The summed E-state index contributed by atoms with van der Waals surface area (Å²) in [6, 6.07) is 8.71. The van der Waals surface area contributed by atoms with E-state index in [2.05, 4.69) is 10.1 Å². The first-order valence-electron chi connectivity index (χ1n) is 7.54. The number of esters is 1. The molecule has 2 aromatic rings. The van der Waals surface area contributed by atoms with Gasteiger partial charge in [-0.25, -0.2) is 4.79 Å². The van der Waals surface area contributed by atoms with E-state index in [1.165, 1.54) is 36.4 Å². The van der Waals surface area contributed by atoms with Crippen molar-refractivity contribution in [2.75, 3.05) is 7.11 Å². The van der Waals surface area contributed by atoms with E-state index in [-0.39, 0.29) is 17.7 Å². The van der Waals surface area contributed by atoms with E-state index in [4.69, 9.17) is 0 Å². The number of hydrogen-bond acceptors (Lipinski definition) is 4. The Morgan fingerprint density at radius 3 is 2.35 bits per heavy atom. The number of rotatable bonds is 5. The number of halogens is 3. The van der Waals surface area contributed by atoms with E-state index in [9.17, 15) is 27.9 Å². The van der Waals surface area contributed by atoms with E-state index in [0.717, 1.165) is 19.2 Å². The van der Waals surface area contributed by atoms with Crippen LogP contribution in [0.15, 0.2) is 48.5 Å². The highest BCUT2D eigenvalue weighted by Gasteiger charge is 2.30. The van der Waals surface area contributed by atoms with Crippen molar-refractivity contribution in [3.63, 3.8) is 0 Å². The normalized spacial score (nSPS) is 12.3. The van der Waals surface area contributed by atoms with Gasteiger partial charge in [-0.1, -0.05) is 18.2 Å². The van der Waals surface area contributed by atoms with Crippen LogP contribution in [0.5, 0.6) is 5.75 Å². The lowest BCUT2D eigenvalue weighted by Crippen LogP contribution is -2.43. The van der Waals surface area contributed by atoms with Gasteiger partial charge < -0.3 is 15.2 Å². The summed E-state index contributed by atoms with van der Waals surface area (Å²) >= 11 is 0. The summed E-state index contributed by atoms with van der Waals surface area (Å²) in [6.07, 6.45) is -4.50. The molecular formula is C18H16F3NO4. The summed E-state index contributed by atoms with van der Waals surface area (Å²) in [5, 5.41) is 11.9. The minimum atomic E-state index is -4.45. The van der Waals surface area contributed by atoms with Gasteiger partial charge in [0.1, 0.15) is 11.8 Å². The van der Waals surface area contributed by atoms with Crippen molar-refractivity contribution in [3.8, 4) is 5.75 Å². The maximum Gasteiger partial charge on any atom is 0.416 e. The van der Waals surface area contributed by atoms with Crippen LogP contribution >= 0.6 is 0 Å². The molecule has 0 fully saturated rings. The van der Waals surface area contributed by atoms with Crippen LogP contribution in [0.25, 0.3) is 0 Å². The van der Waals surface area contributed by atoms with Crippen LogP contribution in [0.3, 0.4) is 0 Å². The smallest absolute Gasteiger partial charge is 0.416 e. The summed E-state index contributed by atoms with van der Waals surface area (Å²) in [4.78, 5) is 24.1. The molecule has 0 radical (unpaired) electrons. The molecule has 0 saturated heterocycles. The molecule has 2 N–H and O–H groups in total. The monoisotopic (exact) mass is 367 g/mol. The number of phenolic OH excluding ortho intramolecular Hbond substituents is 1. The van der Waals surface area contributed by atoms with Crippen molar-refractivity contribution in [2.45, 2.75) is 18.6 Å². The van der Waals surface area contributed by atoms with Crippen LogP contribution in [0.2, 0.25) is 0 Å². The first-order valence-corrected chi connectivity index (χ1v) is 7.54. The molecule has 0 saturated carbocycles. The van der Waals surface area contributed by atoms with Crippen LogP contribution in [0.4, 0.5) is 13.2 Å². The van der Waals surface area contributed by atoms with Gasteiger partial charge in [0.05, 0.1) is 12.7 Å². The molecule has 0 bridgehead atoms. The molecule has 1 amide bonds. The number of ether oxygens (including phenoxy) is 1. The van der Waals surface area contributed by atoms with Crippen LogP contribution in [-0.4, -0.2) is 30.1 Å². The summed E-state index contributed by atoms with van der Waals surface area (Å²) in [7, 11) is 1.14. The Bertz CT molecular complexity index is 788. The van der Waals surface area contributed by atoms with Gasteiger partial charge in [-0.15, -0.1) is 0 Å². The molecule has 2 aromatic carbocycles. The number of alkyl halides is 3. The van der Waals surface area contributed by atoms with Gasteiger partial charge in [-0.05, 0) is 35.9 Å². The molecule has 1 atom stereocenters. The summed E-state index contributed by atoms with van der Waals surface area (Å²) in [5.74, 6) is -1.48. The summed E-state index contributed by atoms with van der Waals surface area (Å²) in [5.41, 5.74) is -0.254. The molecule has 26 heavy (non-hydrogen) atoms. The Morgan fingerprint density at radius 2 is 1.81 bits per heavy atom. The van der Waals surface area contributed by atoms with E-state index >= 15 is 0 Å². The third-order valence-electron chi connectivity index (χ3n) is 3.62. The standard InChI is InChI=1S/C18H16F3NO4/c1-26-17(25)15(22-16(24)12-3-2-4-14(23)10-12)9-11-5-7-13(8-6-11)18(19,20)21/h2-8,10,15,23H,9H2,1H3,(H,22,24)/t15-/m1/s1. The van der Waals surface area contributed by atoms with Gasteiger partial charge >= 0.3 is 12.1 Å². The van der Waals surface area contributed by atoms with Crippen molar-refractivity contribution >= 4 is 11.9 Å². The lowest BCUT2D eigenvalue weighted by atomic mass is 10.0. The Labute approximate surface area is 147 Å². The molecule has 2 rings (SSSR count). The lowest BCUT2D eigenvalue weighted by molar-refractivity contribution is -0.143. The fourth-order valence-electron chi connectivity index (χ4n) is 2.29. The third kappa shape index (κ3) is 4.98. The van der Waals surface area contributed by atoms with E-state index < -0.39 is 29.7 Å². The molecule has 0 heterocycles. The van der Waals surface area contributed by atoms with Gasteiger partial charge in [0.2, 0.25) is 0 Å². The fourth-order valence-corrected chi connectivity index (χ4v) is 2.29. The number of carbonyl (C=O) groups excluding carboxylic acids is 2. The van der Waals surface area contributed by atoms with Gasteiger partial charge in [-0.3, -0.25) is 4.79 Å². The quantitative estimate of drug-likeness (QED) is 0.797. The first-order chi connectivity index (χ1) is 12.2. The molecule has 138 valence electrons. The number of benzene rings is 2. The number of hydrogen-bond donors (Lipinski definition) is 2. The van der Waals surface area contributed by atoms with Crippen molar-refractivity contribution in [1.29, 1.82) is 0 Å².